The molecular weight excluding hydrogens is 442 g/mol. The number of hydrogen-bond donors (Lipinski definition) is 2. The zero-order valence-corrected chi connectivity index (χ0v) is 21.2. The van der Waals surface area contributed by atoms with Crippen LogP contribution in [0.5, 0.6) is 0 Å². The fraction of sp³-hybridized carbons (Fsp3) is 0.290. The normalized spacial score (nSPS) is 17.9. The number of anilines is 2. The molecule has 184 valence electrons. The van der Waals surface area contributed by atoms with Gasteiger partial charge in [-0.1, -0.05) is 78.9 Å². The summed E-state index contributed by atoms with van der Waals surface area (Å²) in [4.78, 5) is 11.6. The number of nitrogens with one attached hydrogen (secondary N) is 2. The van der Waals surface area contributed by atoms with Crippen LogP contribution in [-0.4, -0.2) is 36.1 Å². The number of hydrogen-bond acceptors (Lipinski definition) is 5. The number of aromatic nitrogens is 2. The van der Waals surface area contributed by atoms with Crippen molar-refractivity contribution in [1.82, 2.24) is 15.3 Å². The highest BCUT2D eigenvalue weighted by Crippen LogP contribution is 2.26. The Labute approximate surface area is 214 Å². The van der Waals surface area contributed by atoms with Crippen molar-refractivity contribution in [2.24, 2.45) is 0 Å². The van der Waals surface area contributed by atoms with E-state index in [0.29, 0.717) is 12.1 Å². The van der Waals surface area contributed by atoms with Crippen molar-refractivity contribution in [1.29, 1.82) is 0 Å². The quantitative estimate of drug-likeness (QED) is 0.289. The Hall–Kier alpha value is -3.70. The highest BCUT2D eigenvalue weighted by molar-refractivity contribution is 5.90. The van der Waals surface area contributed by atoms with Crippen molar-refractivity contribution in [3.8, 4) is 0 Å². The molecule has 1 aromatic heterocycles. The van der Waals surface area contributed by atoms with Gasteiger partial charge >= 0.3 is 0 Å². The van der Waals surface area contributed by atoms with Gasteiger partial charge < -0.3 is 15.5 Å². The zero-order chi connectivity index (χ0) is 24.7. The van der Waals surface area contributed by atoms with Gasteiger partial charge in [-0.15, -0.1) is 0 Å². The molecule has 0 bridgehead atoms. The molecule has 0 aliphatic heterocycles. The van der Waals surface area contributed by atoms with Gasteiger partial charge in [0.1, 0.15) is 5.82 Å². The summed E-state index contributed by atoms with van der Waals surface area (Å²) in [7, 11) is 4.06. The van der Waals surface area contributed by atoms with E-state index in [4.69, 9.17) is 9.97 Å². The molecule has 5 rings (SSSR count). The monoisotopic (exact) mass is 477 g/mol. The van der Waals surface area contributed by atoms with Gasteiger partial charge in [0.2, 0.25) is 5.95 Å². The van der Waals surface area contributed by atoms with Crippen LogP contribution in [0, 0.1) is 0 Å². The van der Waals surface area contributed by atoms with Gasteiger partial charge in [0.25, 0.3) is 0 Å². The fourth-order valence-corrected chi connectivity index (χ4v) is 4.86. The highest BCUT2D eigenvalue weighted by Gasteiger charge is 2.22. The van der Waals surface area contributed by atoms with Crippen LogP contribution in [0.2, 0.25) is 0 Å². The van der Waals surface area contributed by atoms with Gasteiger partial charge in [0.05, 0.1) is 5.52 Å². The first kappa shape index (κ1) is 24.0. The second-order valence-electron chi connectivity index (χ2n) is 9.84. The standard InChI is InChI=1S/C31H35N5/c1-36(2)30-28-10-6-7-11-29(28)34-31(35-30)33-27-20-18-26(19-21-27)32-22-25-16-14-24(15-17-25)13-12-23-8-4-3-5-9-23/h3-17,26-27,32H,18-22H2,1-2H3,(H,33,34,35)/b13-12+/t26-,27+. The molecule has 0 saturated heterocycles. The van der Waals surface area contributed by atoms with E-state index >= 15 is 0 Å². The van der Waals surface area contributed by atoms with Crippen molar-refractivity contribution in [3.05, 3.63) is 95.6 Å². The minimum Gasteiger partial charge on any atom is -0.362 e. The van der Waals surface area contributed by atoms with Crippen molar-refractivity contribution >= 4 is 34.8 Å². The summed E-state index contributed by atoms with van der Waals surface area (Å²) >= 11 is 0. The Morgan fingerprint density at radius 3 is 2.11 bits per heavy atom. The maximum atomic E-state index is 4.81. The van der Waals surface area contributed by atoms with Gasteiger partial charge in [-0.3, -0.25) is 0 Å². The first-order chi connectivity index (χ1) is 17.6. The van der Waals surface area contributed by atoms with Crippen molar-refractivity contribution in [2.75, 3.05) is 24.3 Å². The van der Waals surface area contributed by atoms with Crippen LogP contribution in [-0.2, 0) is 6.54 Å². The molecule has 36 heavy (non-hydrogen) atoms. The van der Waals surface area contributed by atoms with Crippen LogP contribution in [0.15, 0.2) is 78.9 Å². The van der Waals surface area contributed by atoms with Gasteiger partial charge in [-0.2, -0.15) is 4.98 Å². The van der Waals surface area contributed by atoms with Gasteiger partial charge in [0, 0.05) is 38.1 Å². The molecule has 3 aromatic carbocycles. The Morgan fingerprint density at radius 1 is 0.750 bits per heavy atom. The van der Waals surface area contributed by atoms with Gasteiger partial charge in [0.15, 0.2) is 0 Å². The van der Waals surface area contributed by atoms with Crippen molar-refractivity contribution in [3.63, 3.8) is 0 Å². The van der Waals surface area contributed by atoms with Gasteiger partial charge in [-0.25, -0.2) is 4.98 Å². The third-order valence-electron chi connectivity index (χ3n) is 6.91. The number of rotatable bonds is 8. The average molecular weight is 478 g/mol. The fourth-order valence-electron chi connectivity index (χ4n) is 4.86. The van der Waals surface area contributed by atoms with E-state index in [1.807, 2.05) is 32.3 Å². The molecule has 0 radical (unpaired) electrons. The lowest BCUT2D eigenvalue weighted by Crippen LogP contribution is -2.37. The summed E-state index contributed by atoms with van der Waals surface area (Å²) in [5.41, 5.74) is 4.75. The topological polar surface area (TPSA) is 53.1 Å². The molecular formula is C31H35N5. The van der Waals surface area contributed by atoms with E-state index in [1.165, 1.54) is 16.7 Å². The first-order valence-electron chi connectivity index (χ1n) is 12.9. The van der Waals surface area contributed by atoms with E-state index in [1.54, 1.807) is 0 Å². The molecule has 1 aliphatic rings. The molecule has 1 saturated carbocycles. The molecule has 5 nitrogen and oxygen atoms in total. The molecule has 0 unspecified atom stereocenters. The maximum Gasteiger partial charge on any atom is 0.225 e. The van der Waals surface area contributed by atoms with Crippen LogP contribution in [0.3, 0.4) is 0 Å². The van der Waals surface area contributed by atoms with Crippen LogP contribution >= 0.6 is 0 Å². The zero-order valence-electron chi connectivity index (χ0n) is 21.2. The third-order valence-corrected chi connectivity index (χ3v) is 6.91. The molecule has 0 atom stereocenters. The predicted octanol–water partition coefficient (Wildman–Crippen LogP) is 6.38. The molecule has 1 fully saturated rings. The smallest absolute Gasteiger partial charge is 0.225 e. The largest absolute Gasteiger partial charge is 0.362 e. The summed E-state index contributed by atoms with van der Waals surface area (Å²) in [6.45, 7) is 0.908. The lowest BCUT2D eigenvalue weighted by atomic mass is 9.91. The predicted molar refractivity (Wildman–Crippen MR) is 152 cm³/mol. The van der Waals surface area contributed by atoms with Crippen LogP contribution in [0.1, 0.15) is 42.4 Å². The Kier molecular flexibility index (Phi) is 7.58. The SMILES string of the molecule is CN(C)c1nc(N[C@H]2CC[C@@H](NCc3ccc(/C=C/c4ccccc4)cc3)CC2)nc2ccccc12. The Balaban J connectivity index is 1.10. The summed E-state index contributed by atoms with van der Waals surface area (Å²) in [6.07, 6.45) is 8.88. The molecule has 0 spiro atoms. The number of nitrogens with zero attached hydrogens (tertiary/aromatic N) is 3. The van der Waals surface area contributed by atoms with Crippen LogP contribution < -0.4 is 15.5 Å². The number of fused-ring (bicyclic) bond motifs is 1. The Bertz CT molecular complexity index is 1290. The van der Waals surface area contributed by atoms with E-state index < -0.39 is 0 Å². The summed E-state index contributed by atoms with van der Waals surface area (Å²) in [5.74, 6) is 1.69. The summed E-state index contributed by atoms with van der Waals surface area (Å²) in [5, 5.41) is 8.46. The maximum absolute atomic E-state index is 4.81. The summed E-state index contributed by atoms with van der Waals surface area (Å²) in [6, 6.07) is 28.4. The van der Waals surface area contributed by atoms with Crippen molar-refractivity contribution in [2.45, 2.75) is 44.3 Å². The Morgan fingerprint density at radius 2 is 1.39 bits per heavy atom. The molecule has 2 N–H and O–H groups in total. The molecule has 4 aromatic rings. The number of benzene rings is 3. The molecule has 1 aliphatic carbocycles. The van der Waals surface area contributed by atoms with E-state index in [-0.39, 0.29) is 0 Å². The second kappa shape index (κ2) is 11.4. The lowest BCUT2D eigenvalue weighted by molar-refractivity contribution is 0.352. The van der Waals surface area contributed by atoms with E-state index in [0.717, 1.165) is 54.9 Å². The second-order valence-corrected chi connectivity index (χ2v) is 9.84. The van der Waals surface area contributed by atoms with Crippen LogP contribution in [0.4, 0.5) is 11.8 Å². The highest BCUT2D eigenvalue weighted by atomic mass is 15.2. The minimum absolute atomic E-state index is 0.412. The van der Waals surface area contributed by atoms with E-state index in [9.17, 15) is 0 Å². The minimum atomic E-state index is 0.412. The van der Waals surface area contributed by atoms with Crippen LogP contribution in [0.25, 0.3) is 23.1 Å². The summed E-state index contributed by atoms with van der Waals surface area (Å²) < 4.78 is 0. The first-order valence-corrected chi connectivity index (χ1v) is 12.9. The number of para-hydroxylation sites is 1. The lowest BCUT2D eigenvalue weighted by Gasteiger charge is -2.30. The third kappa shape index (κ3) is 6.10. The molecule has 1 heterocycles. The average Bonchev–Trinajstić information content (AvgIpc) is 2.92. The van der Waals surface area contributed by atoms with E-state index in [2.05, 4.69) is 88.3 Å². The molecule has 5 heteroatoms. The van der Waals surface area contributed by atoms with Crippen molar-refractivity contribution < 1.29 is 0 Å². The van der Waals surface area contributed by atoms with Gasteiger partial charge in [-0.05, 0) is 54.5 Å². The molecule has 0 amide bonds.